The van der Waals surface area contributed by atoms with E-state index in [0.29, 0.717) is 49.2 Å². The summed E-state index contributed by atoms with van der Waals surface area (Å²) in [6.07, 6.45) is 3.52. The number of unbranched alkanes of at least 4 members (excludes halogenated alkanes) is 2. The van der Waals surface area contributed by atoms with Crippen LogP contribution in [0.5, 0.6) is 0 Å². The van der Waals surface area contributed by atoms with Gasteiger partial charge in [-0.1, -0.05) is 57.0 Å². The van der Waals surface area contributed by atoms with Crippen molar-refractivity contribution in [1.29, 1.82) is 0 Å². The highest BCUT2D eigenvalue weighted by Crippen LogP contribution is 2.42. The Bertz CT molecular complexity index is 1260. The van der Waals surface area contributed by atoms with E-state index in [1.54, 1.807) is 24.3 Å². The molecule has 4 nitrogen and oxygen atoms in total. The minimum absolute atomic E-state index is 0.0287. The summed E-state index contributed by atoms with van der Waals surface area (Å²) in [5.41, 5.74) is 0.732. The van der Waals surface area contributed by atoms with Gasteiger partial charge in [0.15, 0.2) is 23.3 Å². The third kappa shape index (κ3) is 5.44. The van der Waals surface area contributed by atoms with Crippen LogP contribution in [0.2, 0.25) is 0 Å². The standard InChI is InChI=1S/C30H31F4N3O/c1-3-5-16-36(17-6-4-2)30-28(33)26(31)25(27(32)29(30)34)24-18-23(21-10-8-7-9-11-21)35-37(24)22-14-12-20(19-38)13-15-22/h7-15,19,24H,3-6,16-18H2,1-2H3. The maximum atomic E-state index is 15.8. The van der Waals surface area contributed by atoms with Crippen molar-refractivity contribution in [2.75, 3.05) is 23.0 Å². The predicted molar refractivity (Wildman–Crippen MR) is 143 cm³/mol. The van der Waals surface area contributed by atoms with E-state index in [0.717, 1.165) is 18.4 Å². The van der Waals surface area contributed by atoms with Crippen LogP contribution in [-0.4, -0.2) is 25.1 Å². The monoisotopic (exact) mass is 525 g/mol. The molecule has 1 unspecified atom stereocenters. The lowest BCUT2D eigenvalue weighted by Gasteiger charge is -2.29. The molecule has 0 spiro atoms. The molecule has 1 atom stereocenters. The molecule has 8 heteroatoms. The Morgan fingerprint density at radius 1 is 0.868 bits per heavy atom. The zero-order chi connectivity index (χ0) is 27.2. The molecular weight excluding hydrogens is 494 g/mol. The molecule has 0 N–H and O–H groups in total. The van der Waals surface area contributed by atoms with E-state index in [4.69, 9.17) is 0 Å². The van der Waals surface area contributed by atoms with Gasteiger partial charge in [-0.2, -0.15) is 5.10 Å². The van der Waals surface area contributed by atoms with Crippen molar-refractivity contribution in [2.24, 2.45) is 5.10 Å². The maximum absolute atomic E-state index is 15.8. The van der Waals surface area contributed by atoms with E-state index < -0.39 is 40.6 Å². The molecule has 0 bridgehead atoms. The second kappa shape index (κ2) is 12.2. The molecule has 1 heterocycles. The summed E-state index contributed by atoms with van der Waals surface area (Å²) in [7, 11) is 0. The van der Waals surface area contributed by atoms with Crippen LogP contribution in [0.15, 0.2) is 59.7 Å². The molecule has 38 heavy (non-hydrogen) atoms. The van der Waals surface area contributed by atoms with Gasteiger partial charge < -0.3 is 4.90 Å². The van der Waals surface area contributed by atoms with Crippen molar-refractivity contribution in [1.82, 2.24) is 0 Å². The number of rotatable bonds is 11. The number of nitrogens with zero attached hydrogens (tertiary/aromatic N) is 3. The molecule has 0 aromatic heterocycles. The van der Waals surface area contributed by atoms with Gasteiger partial charge in [-0.25, -0.2) is 17.6 Å². The number of carbonyl (C=O) groups excluding carboxylic acids is 1. The van der Waals surface area contributed by atoms with Gasteiger partial charge in [0.25, 0.3) is 0 Å². The van der Waals surface area contributed by atoms with Crippen LogP contribution in [0, 0.1) is 23.3 Å². The normalized spacial score (nSPS) is 15.1. The van der Waals surface area contributed by atoms with Gasteiger partial charge in [0.2, 0.25) is 0 Å². The Kier molecular flexibility index (Phi) is 8.81. The first kappa shape index (κ1) is 27.4. The fraction of sp³-hybridized carbons (Fsp3) is 0.333. The van der Waals surface area contributed by atoms with Gasteiger partial charge in [0.1, 0.15) is 12.0 Å². The van der Waals surface area contributed by atoms with Crippen molar-refractivity contribution < 1.29 is 22.4 Å². The zero-order valence-corrected chi connectivity index (χ0v) is 21.6. The second-order valence-electron chi connectivity index (χ2n) is 9.40. The van der Waals surface area contributed by atoms with Crippen LogP contribution in [0.1, 0.15) is 73.5 Å². The fourth-order valence-electron chi connectivity index (χ4n) is 4.72. The van der Waals surface area contributed by atoms with Crippen LogP contribution in [0.4, 0.5) is 28.9 Å². The van der Waals surface area contributed by atoms with Gasteiger partial charge in [0, 0.05) is 25.1 Å². The Morgan fingerprint density at radius 3 is 1.97 bits per heavy atom. The number of carbonyl (C=O) groups is 1. The van der Waals surface area contributed by atoms with Crippen molar-refractivity contribution in [3.63, 3.8) is 0 Å². The highest BCUT2D eigenvalue weighted by Gasteiger charge is 2.38. The molecule has 0 saturated carbocycles. The first-order valence-electron chi connectivity index (χ1n) is 13.0. The molecular formula is C30H31F4N3O. The zero-order valence-electron chi connectivity index (χ0n) is 21.6. The minimum atomic E-state index is -1.42. The van der Waals surface area contributed by atoms with Gasteiger partial charge in [0.05, 0.1) is 23.0 Å². The fourth-order valence-corrected chi connectivity index (χ4v) is 4.72. The number of halogens is 4. The molecule has 0 saturated heterocycles. The number of hydrogen-bond acceptors (Lipinski definition) is 4. The van der Waals surface area contributed by atoms with E-state index in [-0.39, 0.29) is 6.42 Å². The maximum Gasteiger partial charge on any atom is 0.185 e. The molecule has 3 aromatic rings. The summed E-state index contributed by atoms with van der Waals surface area (Å²) >= 11 is 0. The second-order valence-corrected chi connectivity index (χ2v) is 9.40. The van der Waals surface area contributed by atoms with E-state index in [1.165, 1.54) is 9.91 Å². The van der Waals surface area contributed by atoms with Gasteiger partial charge in [-0.3, -0.25) is 9.80 Å². The number of benzene rings is 3. The van der Waals surface area contributed by atoms with Crippen molar-refractivity contribution in [2.45, 2.75) is 52.0 Å². The molecule has 0 radical (unpaired) electrons. The van der Waals surface area contributed by atoms with Crippen molar-refractivity contribution >= 4 is 23.4 Å². The molecule has 0 fully saturated rings. The number of aldehydes is 1. The van der Waals surface area contributed by atoms with Gasteiger partial charge >= 0.3 is 0 Å². The molecule has 1 aliphatic heterocycles. The molecule has 4 rings (SSSR count). The average Bonchev–Trinajstić information content (AvgIpc) is 3.38. The number of anilines is 2. The third-order valence-electron chi connectivity index (χ3n) is 6.80. The number of hydrogen-bond donors (Lipinski definition) is 0. The molecule has 0 amide bonds. The summed E-state index contributed by atoms with van der Waals surface area (Å²) < 4.78 is 62.7. The molecule has 0 aliphatic carbocycles. The molecule has 3 aromatic carbocycles. The smallest absolute Gasteiger partial charge is 0.185 e. The number of hydrazone groups is 1. The quantitative estimate of drug-likeness (QED) is 0.145. The van der Waals surface area contributed by atoms with E-state index in [2.05, 4.69) is 5.10 Å². The summed E-state index contributed by atoms with van der Waals surface area (Å²) in [6.45, 7) is 4.47. The lowest BCUT2D eigenvalue weighted by molar-refractivity contribution is 0.112. The SMILES string of the molecule is CCCCN(CCCC)c1c(F)c(F)c(C2CC(c3ccccc3)=NN2c2ccc(C=O)cc2)c(F)c1F. The largest absolute Gasteiger partial charge is 0.367 e. The van der Waals surface area contributed by atoms with Crippen molar-refractivity contribution in [3.8, 4) is 0 Å². The highest BCUT2D eigenvalue weighted by atomic mass is 19.2. The first-order chi connectivity index (χ1) is 18.4. The van der Waals surface area contributed by atoms with Crippen LogP contribution in [0.3, 0.4) is 0 Å². The van der Waals surface area contributed by atoms with Crippen LogP contribution in [0.25, 0.3) is 0 Å². The van der Waals surface area contributed by atoms with E-state index in [1.807, 2.05) is 44.2 Å². The summed E-state index contributed by atoms with van der Waals surface area (Å²) in [6, 6.07) is 14.2. The Labute approximate surface area is 220 Å². The van der Waals surface area contributed by atoms with E-state index >= 15 is 17.6 Å². The third-order valence-corrected chi connectivity index (χ3v) is 6.80. The van der Waals surface area contributed by atoms with Crippen LogP contribution < -0.4 is 9.91 Å². The summed E-state index contributed by atoms with van der Waals surface area (Å²) in [4.78, 5) is 12.5. The average molecular weight is 526 g/mol. The summed E-state index contributed by atoms with van der Waals surface area (Å²) in [5.74, 6) is -5.62. The Hall–Kier alpha value is -3.68. The predicted octanol–water partition coefficient (Wildman–Crippen LogP) is 7.82. The highest BCUT2D eigenvalue weighted by molar-refractivity contribution is 6.03. The van der Waals surface area contributed by atoms with Crippen LogP contribution in [-0.2, 0) is 0 Å². The minimum Gasteiger partial charge on any atom is -0.367 e. The summed E-state index contributed by atoms with van der Waals surface area (Å²) in [5, 5.41) is 5.96. The van der Waals surface area contributed by atoms with Crippen molar-refractivity contribution in [3.05, 3.63) is 94.6 Å². The molecule has 200 valence electrons. The Morgan fingerprint density at radius 2 is 1.45 bits per heavy atom. The van der Waals surface area contributed by atoms with Gasteiger partial charge in [-0.05, 0) is 42.7 Å². The Balaban J connectivity index is 1.82. The van der Waals surface area contributed by atoms with E-state index in [9.17, 15) is 4.79 Å². The van der Waals surface area contributed by atoms with Gasteiger partial charge in [-0.15, -0.1) is 0 Å². The van der Waals surface area contributed by atoms with Crippen LogP contribution >= 0.6 is 0 Å². The lowest BCUT2D eigenvalue weighted by atomic mass is 9.96. The molecule has 1 aliphatic rings. The lowest BCUT2D eigenvalue weighted by Crippen LogP contribution is -2.30. The topological polar surface area (TPSA) is 35.9 Å². The first-order valence-corrected chi connectivity index (χ1v) is 13.0.